The minimum atomic E-state index is -3.86. The van der Waals surface area contributed by atoms with Crippen molar-refractivity contribution >= 4 is 15.7 Å². The molecule has 0 aliphatic heterocycles. The van der Waals surface area contributed by atoms with Crippen molar-refractivity contribution in [3.63, 3.8) is 0 Å². The molecule has 0 amide bonds. The largest absolute Gasteiger partial charge is 0.490 e. The van der Waals surface area contributed by atoms with Crippen molar-refractivity contribution in [1.82, 2.24) is 4.72 Å². The number of hydrogen-bond acceptors (Lipinski definition) is 6. The summed E-state index contributed by atoms with van der Waals surface area (Å²) in [5.74, 6) is 0.0123. The number of benzene rings is 1. The first kappa shape index (κ1) is 16.7. The molecular weight excluding hydrogens is 310 g/mol. The molecule has 122 valence electrons. The van der Waals surface area contributed by atoms with Crippen molar-refractivity contribution in [2.75, 3.05) is 7.11 Å². The molecule has 1 fully saturated rings. The van der Waals surface area contributed by atoms with Crippen LogP contribution in [-0.2, 0) is 10.0 Å². The third kappa shape index (κ3) is 3.54. The maximum absolute atomic E-state index is 12.4. The maximum Gasteiger partial charge on any atom is 0.312 e. The van der Waals surface area contributed by atoms with E-state index in [0.717, 1.165) is 25.3 Å². The van der Waals surface area contributed by atoms with Crippen LogP contribution >= 0.6 is 0 Å². The van der Waals surface area contributed by atoms with Gasteiger partial charge >= 0.3 is 5.69 Å². The molecule has 0 saturated heterocycles. The van der Waals surface area contributed by atoms with Crippen LogP contribution in [0, 0.1) is 10.1 Å². The van der Waals surface area contributed by atoms with Gasteiger partial charge in [0, 0.05) is 18.2 Å². The Labute approximate surface area is 128 Å². The number of nitro benzene ring substituents is 1. The van der Waals surface area contributed by atoms with Gasteiger partial charge in [0.25, 0.3) is 0 Å². The first-order valence-corrected chi connectivity index (χ1v) is 8.44. The smallest absolute Gasteiger partial charge is 0.312 e. The molecule has 3 N–H and O–H groups in total. The zero-order valence-electron chi connectivity index (χ0n) is 12.2. The van der Waals surface area contributed by atoms with E-state index < -0.39 is 20.6 Å². The highest BCUT2D eigenvalue weighted by Gasteiger charge is 2.28. The number of sulfonamides is 1. The number of hydrogen-bond donors (Lipinski definition) is 2. The van der Waals surface area contributed by atoms with E-state index in [9.17, 15) is 18.5 Å². The molecule has 0 radical (unpaired) electrons. The summed E-state index contributed by atoms with van der Waals surface area (Å²) in [4.78, 5) is 10.1. The highest BCUT2D eigenvalue weighted by atomic mass is 32.2. The zero-order chi connectivity index (χ0) is 16.3. The Morgan fingerprint density at radius 3 is 2.64 bits per heavy atom. The molecule has 1 saturated carbocycles. The number of nitro groups is 1. The molecule has 2 rings (SSSR count). The zero-order valence-corrected chi connectivity index (χ0v) is 13.0. The van der Waals surface area contributed by atoms with E-state index in [1.54, 1.807) is 0 Å². The van der Waals surface area contributed by atoms with Gasteiger partial charge in [-0.05, 0) is 25.0 Å². The van der Waals surface area contributed by atoms with Gasteiger partial charge in [-0.1, -0.05) is 12.8 Å². The first-order chi connectivity index (χ1) is 10.3. The first-order valence-electron chi connectivity index (χ1n) is 6.95. The molecule has 2 atom stereocenters. The van der Waals surface area contributed by atoms with E-state index in [2.05, 4.69) is 4.72 Å². The van der Waals surface area contributed by atoms with Gasteiger partial charge < -0.3 is 10.5 Å². The number of nitrogens with zero attached hydrogens (tertiary/aromatic N) is 1. The second-order valence-electron chi connectivity index (χ2n) is 5.27. The molecule has 1 aliphatic carbocycles. The van der Waals surface area contributed by atoms with Gasteiger partial charge in [0.15, 0.2) is 5.75 Å². The Bertz CT molecular complexity index is 662. The van der Waals surface area contributed by atoms with Crippen molar-refractivity contribution in [3.8, 4) is 5.75 Å². The SMILES string of the molecule is COc1ccc(S(=O)(=O)N[C@@H]2CCCC[C@H]2N)cc1[N+](=O)[O-]. The number of rotatable bonds is 5. The van der Waals surface area contributed by atoms with Gasteiger partial charge in [-0.25, -0.2) is 13.1 Å². The van der Waals surface area contributed by atoms with Crippen LogP contribution in [0.3, 0.4) is 0 Å². The van der Waals surface area contributed by atoms with Crippen LogP contribution < -0.4 is 15.2 Å². The van der Waals surface area contributed by atoms with E-state index >= 15 is 0 Å². The van der Waals surface area contributed by atoms with Gasteiger partial charge in [-0.3, -0.25) is 10.1 Å². The Morgan fingerprint density at radius 2 is 2.05 bits per heavy atom. The molecule has 0 spiro atoms. The predicted molar refractivity (Wildman–Crippen MR) is 80.2 cm³/mol. The summed E-state index contributed by atoms with van der Waals surface area (Å²) in [5, 5.41) is 11.0. The Hall–Kier alpha value is -1.71. The lowest BCUT2D eigenvalue weighted by molar-refractivity contribution is -0.386. The van der Waals surface area contributed by atoms with E-state index in [0.29, 0.717) is 6.42 Å². The number of nitrogens with two attached hydrogens (primary N) is 1. The summed E-state index contributed by atoms with van der Waals surface area (Å²) in [6.07, 6.45) is 3.31. The lowest BCUT2D eigenvalue weighted by Crippen LogP contribution is -2.49. The minimum absolute atomic E-state index is 0.0123. The van der Waals surface area contributed by atoms with E-state index in [1.807, 2.05) is 0 Å². The Kier molecular flexibility index (Phi) is 4.99. The quantitative estimate of drug-likeness (QED) is 0.617. The van der Waals surface area contributed by atoms with Gasteiger partial charge in [0.1, 0.15) is 0 Å². The lowest BCUT2D eigenvalue weighted by Gasteiger charge is -2.29. The molecule has 9 heteroatoms. The van der Waals surface area contributed by atoms with Crippen LogP contribution in [0.2, 0.25) is 0 Å². The maximum atomic E-state index is 12.4. The number of nitrogens with one attached hydrogen (secondary N) is 1. The molecule has 1 aromatic carbocycles. The summed E-state index contributed by atoms with van der Waals surface area (Å²) >= 11 is 0. The third-order valence-corrected chi connectivity index (χ3v) is 5.27. The van der Waals surface area contributed by atoms with Gasteiger partial charge in [-0.2, -0.15) is 0 Å². The summed E-state index contributed by atoms with van der Waals surface area (Å²) in [5.41, 5.74) is 5.54. The summed E-state index contributed by atoms with van der Waals surface area (Å²) in [7, 11) is -2.58. The van der Waals surface area contributed by atoms with Crippen molar-refractivity contribution in [1.29, 1.82) is 0 Å². The molecule has 0 bridgehead atoms. The van der Waals surface area contributed by atoms with Gasteiger partial charge in [0.05, 0.1) is 16.9 Å². The Balaban J connectivity index is 2.29. The number of ether oxygens (including phenoxy) is 1. The van der Waals surface area contributed by atoms with Crippen molar-refractivity contribution < 1.29 is 18.1 Å². The van der Waals surface area contributed by atoms with Crippen LogP contribution in [0.4, 0.5) is 5.69 Å². The van der Waals surface area contributed by atoms with E-state index in [-0.39, 0.29) is 22.7 Å². The molecule has 22 heavy (non-hydrogen) atoms. The standard InChI is InChI=1S/C13H19N3O5S/c1-21-13-7-6-9(8-12(13)16(17)18)22(19,20)15-11-5-3-2-4-10(11)14/h6-8,10-11,15H,2-5,14H2,1H3/t10-,11-/m1/s1. The van der Waals surface area contributed by atoms with E-state index in [1.165, 1.54) is 19.2 Å². The fraction of sp³-hybridized carbons (Fsp3) is 0.538. The van der Waals surface area contributed by atoms with Crippen molar-refractivity contribution in [2.45, 2.75) is 42.7 Å². The fourth-order valence-corrected chi connectivity index (χ4v) is 3.89. The predicted octanol–water partition coefficient (Wildman–Crippen LogP) is 1.15. The normalized spacial score (nSPS) is 22.3. The van der Waals surface area contributed by atoms with E-state index in [4.69, 9.17) is 10.5 Å². The monoisotopic (exact) mass is 329 g/mol. The molecule has 0 heterocycles. The van der Waals surface area contributed by atoms with Gasteiger partial charge in [-0.15, -0.1) is 0 Å². The second-order valence-corrected chi connectivity index (χ2v) is 6.98. The molecular formula is C13H19N3O5S. The van der Waals surface area contributed by atoms with Gasteiger partial charge in [0.2, 0.25) is 10.0 Å². The molecule has 0 unspecified atom stereocenters. The summed E-state index contributed by atoms with van der Waals surface area (Å²) < 4.78 is 32.2. The summed E-state index contributed by atoms with van der Waals surface area (Å²) in [6, 6.07) is 2.96. The average molecular weight is 329 g/mol. The second kappa shape index (κ2) is 6.59. The highest BCUT2D eigenvalue weighted by molar-refractivity contribution is 7.89. The van der Waals surface area contributed by atoms with Crippen molar-refractivity contribution in [3.05, 3.63) is 28.3 Å². The van der Waals surface area contributed by atoms with Crippen molar-refractivity contribution in [2.24, 2.45) is 5.73 Å². The molecule has 1 aliphatic rings. The average Bonchev–Trinajstić information content (AvgIpc) is 2.48. The number of methoxy groups -OCH3 is 1. The lowest BCUT2D eigenvalue weighted by atomic mass is 9.92. The highest BCUT2D eigenvalue weighted by Crippen LogP contribution is 2.29. The molecule has 1 aromatic rings. The third-order valence-electron chi connectivity index (χ3n) is 3.78. The molecule has 8 nitrogen and oxygen atoms in total. The molecule has 0 aromatic heterocycles. The minimum Gasteiger partial charge on any atom is -0.490 e. The van der Waals surface area contributed by atoms with Crippen LogP contribution in [0.5, 0.6) is 5.75 Å². The van der Waals surface area contributed by atoms with Crippen LogP contribution in [-0.4, -0.2) is 32.5 Å². The van der Waals surface area contributed by atoms with Crippen LogP contribution in [0.15, 0.2) is 23.1 Å². The summed E-state index contributed by atoms with van der Waals surface area (Å²) in [6.45, 7) is 0. The van der Waals surface area contributed by atoms with Crippen LogP contribution in [0.25, 0.3) is 0 Å². The van der Waals surface area contributed by atoms with Crippen LogP contribution in [0.1, 0.15) is 25.7 Å². The fourth-order valence-electron chi connectivity index (χ4n) is 2.55. The topological polar surface area (TPSA) is 125 Å². The Morgan fingerprint density at radius 1 is 1.36 bits per heavy atom.